The van der Waals surface area contributed by atoms with Crippen molar-refractivity contribution in [1.29, 1.82) is 0 Å². The summed E-state index contributed by atoms with van der Waals surface area (Å²) in [5.74, 6) is 0.173. The van der Waals surface area contributed by atoms with Gasteiger partial charge in [-0.15, -0.1) is 23.1 Å². The van der Waals surface area contributed by atoms with E-state index in [-0.39, 0.29) is 17.7 Å². The van der Waals surface area contributed by atoms with E-state index in [0.717, 1.165) is 14.9 Å². The SMILES string of the molecule is Cc1ccc(NC(=O)C2CSCN2C(=O)C(C)NC(=O)c2ccc(Br)s2)cc1C. The van der Waals surface area contributed by atoms with E-state index >= 15 is 0 Å². The van der Waals surface area contributed by atoms with Crippen molar-refractivity contribution in [3.05, 3.63) is 50.1 Å². The van der Waals surface area contributed by atoms with Crippen LogP contribution in [0.15, 0.2) is 34.1 Å². The molecule has 1 aliphatic heterocycles. The van der Waals surface area contributed by atoms with Crippen LogP contribution in [-0.4, -0.2) is 46.3 Å². The van der Waals surface area contributed by atoms with Gasteiger partial charge in [0.1, 0.15) is 12.1 Å². The average Bonchev–Trinajstić information content (AvgIpc) is 3.33. The minimum atomic E-state index is -0.723. The maximum atomic E-state index is 12.9. The molecule has 3 amide bonds. The summed E-state index contributed by atoms with van der Waals surface area (Å²) in [5, 5.41) is 5.64. The van der Waals surface area contributed by atoms with Crippen molar-refractivity contribution < 1.29 is 14.4 Å². The van der Waals surface area contributed by atoms with Crippen molar-refractivity contribution >= 4 is 62.4 Å². The highest BCUT2D eigenvalue weighted by Crippen LogP contribution is 2.25. The molecule has 0 aliphatic carbocycles. The van der Waals surface area contributed by atoms with Crippen LogP contribution in [0.5, 0.6) is 0 Å². The molecule has 0 radical (unpaired) electrons. The van der Waals surface area contributed by atoms with Crippen LogP contribution >= 0.6 is 39.0 Å². The van der Waals surface area contributed by atoms with E-state index in [0.29, 0.717) is 22.2 Å². The first-order chi connectivity index (χ1) is 13.8. The fourth-order valence-electron chi connectivity index (χ4n) is 2.94. The van der Waals surface area contributed by atoms with Gasteiger partial charge in [-0.05, 0) is 72.1 Å². The van der Waals surface area contributed by atoms with Crippen LogP contribution in [-0.2, 0) is 9.59 Å². The Labute approximate surface area is 186 Å². The Morgan fingerprint density at radius 1 is 1.17 bits per heavy atom. The minimum absolute atomic E-state index is 0.215. The normalized spacial score (nSPS) is 17.1. The summed E-state index contributed by atoms with van der Waals surface area (Å²) in [4.78, 5) is 40.1. The molecule has 2 unspecified atom stereocenters. The summed E-state index contributed by atoms with van der Waals surface area (Å²) in [7, 11) is 0. The van der Waals surface area contributed by atoms with Crippen LogP contribution in [0.1, 0.15) is 27.7 Å². The summed E-state index contributed by atoms with van der Waals surface area (Å²) in [6.07, 6.45) is 0. The lowest BCUT2D eigenvalue weighted by Gasteiger charge is -2.26. The Balaban J connectivity index is 1.63. The largest absolute Gasteiger partial charge is 0.340 e. The van der Waals surface area contributed by atoms with Crippen molar-refractivity contribution in [2.45, 2.75) is 32.9 Å². The molecule has 1 aromatic carbocycles. The Morgan fingerprint density at radius 2 is 1.93 bits per heavy atom. The topological polar surface area (TPSA) is 78.5 Å². The van der Waals surface area contributed by atoms with Gasteiger partial charge < -0.3 is 15.5 Å². The maximum Gasteiger partial charge on any atom is 0.262 e. The van der Waals surface area contributed by atoms with E-state index in [1.54, 1.807) is 19.1 Å². The lowest BCUT2D eigenvalue weighted by atomic mass is 10.1. The smallest absolute Gasteiger partial charge is 0.262 e. The number of nitrogens with one attached hydrogen (secondary N) is 2. The van der Waals surface area contributed by atoms with E-state index in [2.05, 4.69) is 26.6 Å². The molecule has 0 spiro atoms. The number of rotatable bonds is 5. The second kappa shape index (κ2) is 9.32. The molecule has 3 rings (SSSR count). The molecule has 29 heavy (non-hydrogen) atoms. The second-order valence-electron chi connectivity index (χ2n) is 6.91. The van der Waals surface area contributed by atoms with E-state index in [9.17, 15) is 14.4 Å². The van der Waals surface area contributed by atoms with Gasteiger partial charge in [-0.2, -0.15) is 0 Å². The molecular formula is C20H22BrN3O3S2. The van der Waals surface area contributed by atoms with E-state index in [4.69, 9.17) is 0 Å². The number of thioether (sulfide) groups is 1. The number of carbonyl (C=O) groups is 3. The standard InChI is InChI=1S/C20H22BrN3O3S2/c1-11-4-5-14(8-12(11)2)23-18(25)15-9-28-10-24(15)20(27)13(3)22-19(26)16-6-7-17(21)29-16/h4-8,13,15H,9-10H2,1-3H3,(H,22,26)(H,23,25). The zero-order valence-corrected chi connectivity index (χ0v) is 19.5. The number of amides is 3. The number of halogens is 1. The van der Waals surface area contributed by atoms with E-state index in [1.165, 1.54) is 28.0 Å². The highest BCUT2D eigenvalue weighted by atomic mass is 79.9. The van der Waals surface area contributed by atoms with Crippen molar-refractivity contribution in [3.63, 3.8) is 0 Å². The fraction of sp³-hybridized carbons (Fsp3) is 0.350. The molecule has 9 heteroatoms. The Morgan fingerprint density at radius 3 is 2.59 bits per heavy atom. The van der Waals surface area contributed by atoms with Crippen LogP contribution in [0.3, 0.4) is 0 Å². The quantitative estimate of drug-likeness (QED) is 0.661. The first-order valence-corrected chi connectivity index (χ1v) is 11.8. The lowest BCUT2D eigenvalue weighted by molar-refractivity contribution is -0.137. The molecule has 0 bridgehead atoms. The number of nitrogens with zero attached hydrogens (tertiary/aromatic N) is 1. The number of benzene rings is 1. The third-order valence-corrected chi connectivity index (χ3v) is 7.39. The zero-order chi connectivity index (χ0) is 21.1. The maximum absolute atomic E-state index is 12.9. The van der Waals surface area contributed by atoms with Gasteiger partial charge in [-0.25, -0.2) is 0 Å². The van der Waals surface area contributed by atoms with Crippen LogP contribution in [0, 0.1) is 13.8 Å². The number of hydrogen-bond donors (Lipinski definition) is 2. The van der Waals surface area contributed by atoms with Crippen LogP contribution < -0.4 is 10.6 Å². The molecule has 1 aromatic heterocycles. The zero-order valence-electron chi connectivity index (χ0n) is 16.3. The Kier molecular flexibility index (Phi) is 7.02. The predicted octanol–water partition coefficient (Wildman–Crippen LogP) is 3.79. The molecule has 0 saturated carbocycles. The van der Waals surface area contributed by atoms with Gasteiger partial charge >= 0.3 is 0 Å². The third-order valence-electron chi connectivity index (χ3n) is 4.76. The van der Waals surface area contributed by atoms with Crippen molar-refractivity contribution in [1.82, 2.24) is 10.2 Å². The molecule has 2 N–H and O–H groups in total. The van der Waals surface area contributed by atoms with Crippen molar-refractivity contribution in [2.75, 3.05) is 16.9 Å². The molecule has 6 nitrogen and oxygen atoms in total. The Bertz CT molecular complexity index is 947. The number of carbonyl (C=O) groups excluding carboxylic acids is 3. The minimum Gasteiger partial charge on any atom is -0.340 e. The monoisotopic (exact) mass is 495 g/mol. The molecular weight excluding hydrogens is 474 g/mol. The molecule has 2 aromatic rings. The van der Waals surface area contributed by atoms with Crippen molar-refractivity contribution in [2.24, 2.45) is 0 Å². The summed E-state index contributed by atoms with van der Waals surface area (Å²) in [5.41, 5.74) is 2.96. The Hall–Kier alpha value is -1.84. The molecule has 1 fully saturated rings. The molecule has 154 valence electrons. The van der Waals surface area contributed by atoms with E-state index in [1.807, 2.05) is 32.0 Å². The summed E-state index contributed by atoms with van der Waals surface area (Å²) >= 11 is 6.15. The summed E-state index contributed by atoms with van der Waals surface area (Å²) in [6.45, 7) is 5.65. The van der Waals surface area contributed by atoms with Crippen LogP contribution in [0.25, 0.3) is 0 Å². The lowest BCUT2D eigenvalue weighted by Crippen LogP contribution is -2.52. The van der Waals surface area contributed by atoms with E-state index < -0.39 is 12.1 Å². The van der Waals surface area contributed by atoms with Gasteiger partial charge in [-0.3, -0.25) is 14.4 Å². The summed E-state index contributed by atoms with van der Waals surface area (Å²) in [6, 6.07) is 7.93. The molecule has 1 saturated heterocycles. The van der Waals surface area contributed by atoms with Gasteiger partial charge in [0.15, 0.2) is 0 Å². The molecule has 2 heterocycles. The number of hydrogen-bond acceptors (Lipinski definition) is 5. The highest BCUT2D eigenvalue weighted by Gasteiger charge is 2.37. The average molecular weight is 496 g/mol. The number of thiophene rings is 1. The third kappa shape index (κ3) is 5.21. The molecule has 1 aliphatic rings. The predicted molar refractivity (Wildman–Crippen MR) is 121 cm³/mol. The van der Waals surface area contributed by atoms with Gasteiger partial charge in [-0.1, -0.05) is 6.07 Å². The first kappa shape index (κ1) is 21.9. The van der Waals surface area contributed by atoms with Gasteiger partial charge in [0.05, 0.1) is 14.5 Å². The highest BCUT2D eigenvalue weighted by molar-refractivity contribution is 9.11. The van der Waals surface area contributed by atoms with Gasteiger partial charge in [0, 0.05) is 11.4 Å². The summed E-state index contributed by atoms with van der Waals surface area (Å²) < 4.78 is 0.848. The first-order valence-electron chi connectivity index (χ1n) is 9.09. The van der Waals surface area contributed by atoms with Crippen molar-refractivity contribution in [3.8, 4) is 0 Å². The molecule has 2 atom stereocenters. The van der Waals surface area contributed by atoms with Gasteiger partial charge in [0.25, 0.3) is 5.91 Å². The van der Waals surface area contributed by atoms with Crippen LogP contribution in [0.2, 0.25) is 0 Å². The van der Waals surface area contributed by atoms with Crippen LogP contribution in [0.4, 0.5) is 5.69 Å². The number of aryl methyl sites for hydroxylation is 2. The van der Waals surface area contributed by atoms with Gasteiger partial charge in [0.2, 0.25) is 11.8 Å². The second-order valence-corrected chi connectivity index (χ2v) is 10.4. The fourth-order valence-corrected chi connectivity index (χ4v) is 5.39. The number of anilines is 1.